The van der Waals surface area contributed by atoms with E-state index in [0.29, 0.717) is 22.3 Å². The van der Waals surface area contributed by atoms with Crippen LogP contribution in [0, 0.1) is 45.3 Å². The van der Waals surface area contributed by atoms with Gasteiger partial charge in [0.05, 0.1) is 6.10 Å². The van der Waals surface area contributed by atoms with Gasteiger partial charge in [-0.05, 0) is 116 Å². The Labute approximate surface area is 220 Å². The molecule has 2 saturated carbocycles. The largest absolute Gasteiger partial charge is 0.414 e. The van der Waals surface area contributed by atoms with Gasteiger partial charge in [0, 0.05) is 0 Å². The molecule has 7 atom stereocenters. The summed E-state index contributed by atoms with van der Waals surface area (Å²) in [6, 6.07) is 0. The van der Waals surface area contributed by atoms with Crippen LogP contribution in [0.5, 0.6) is 0 Å². The van der Waals surface area contributed by atoms with E-state index in [1.54, 1.807) is 0 Å². The van der Waals surface area contributed by atoms with Crippen molar-refractivity contribution >= 4 is 8.32 Å². The highest BCUT2D eigenvalue weighted by Gasteiger charge is 2.63. The van der Waals surface area contributed by atoms with Crippen LogP contribution in [0.25, 0.3) is 0 Å². The highest BCUT2D eigenvalue weighted by Crippen LogP contribution is 2.72. The molecule has 2 fully saturated rings. The molecule has 4 aliphatic rings. The van der Waals surface area contributed by atoms with Crippen molar-refractivity contribution in [2.45, 2.75) is 152 Å². The summed E-state index contributed by atoms with van der Waals surface area (Å²) in [5, 5.41) is 0. The fourth-order valence-corrected chi connectivity index (χ4v) is 11.6. The van der Waals surface area contributed by atoms with Crippen LogP contribution in [-0.2, 0) is 4.43 Å². The van der Waals surface area contributed by atoms with Crippen molar-refractivity contribution in [3.05, 3.63) is 11.1 Å². The first-order valence-electron chi connectivity index (χ1n) is 15.5. The summed E-state index contributed by atoms with van der Waals surface area (Å²) in [4.78, 5) is 0. The van der Waals surface area contributed by atoms with Gasteiger partial charge in [-0.2, -0.15) is 0 Å². The van der Waals surface area contributed by atoms with E-state index in [-0.39, 0.29) is 5.41 Å². The second-order valence-electron chi connectivity index (χ2n) is 16.2. The van der Waals surface area contributed by atoms with Gasteiger partial charge in [0.1, 0.15) is 0 Å². The first kappa shape index (κ1) is 27.9. The highest BCUT2D eigenvalue weighted by atomic mass is 28.4. The van der Waals surface area contributed by atoms with Gasteiger partial charge >= 0.3 is 0 Å². The first-order chi connectivity index (χ1) is 16.1. The van der Waals surface area contributed by atoms with Crippen LogP contribution in [0.4, 0.5) is 0 Å². The Bertz CT molecular complexity index is 817. The van der Waals surface area contributed by atoms with Crippen molar-refractivity contribution in [1.82, 2.24) is 0 Å². The second kappa shape index (κ2) is 9.28. The zero-order valence-electron chi connectivity index (χ0n) is 25.6. The maximum Gasteiger partial charge on any atom is 0.184 e. The van der Waals surface area contributed by atoms with Gasteiger partial charge in [-0.3, -0.25) is 0 Å². The predicted molar refractivity (Wildman–Crippen MR) is 155 cm³/mol. The molecule has 4 aliphatic carbocycles. The molecule has 202 valence electrons. The molecule has 0 aromatic rings. The molecule has 0 bridgehead atoms. The van der Waals surface area contributed by atoms with Crippen LogP contribution >= 0.6 is 0 Å². The van der Waals surface area contributed by atoms with Gasteiger partial charge in [-0.1, -0.05) is 85.8 Å². The van der Waals surface area contributed by atoms with Gasteiger partial charge in [0.15, 0.2) is 8.32 Å². The summed E-state index contributed by atoms with van der Waals surface area (Å²) in [7, 11) is -1.54. The maximum absolute atomic E-state index is 6.84. The predicted octanol–water partition coefficient (Wildman–Crippen LogP) is 10.4. The molecular weight excluding hydrogens is 440 g/mol. The molecule has 0 aliphatic heterocycles. The lowest BCUT2D eigenvalue weighted by molar-refractivity contribution is -0.0885. The molecule has 0 radical (unpaired) electrons. The van der Waals surface area contributed by atoms with Gasteiger partial charge in [0.2, 0.25) is 0 Å². The van der Waals surface area contributed by atoms with Crippen molar-refractivity contribution in [1.29, 1.82) is 0 Å². The van der Waals surface area contributed by atoms with E-state index < -0.39 is 8.32 Å². The molecular formula is C33H60OSi. The minimum Gasteiger partial charge on any atom is -0.414 e. The Morgan fingerprint density at radius 2 is 1.51 bits per heavy atom. The molecule has 0 amide bonds. The van der Waals surface area contributed by atoms with Crippen molar-refractivity contribution in [3.8, 4) is 0 Å². The van der Waals surface area contributed by atoms with E-state index in [9.17, 15) is 0 Å². The van der Waals surface area contributed by atoms with E-state index in [1.165, 1.54) is 70.6 Å². The van der Waals surface area contributed by atoms with E-state index in [0.717, 1.165) is 23.7 Å². The van der Waals surface area contributed by atoms with Crippen LogP contribution in [-0.4, -0.2) is 14.4 Å². The summed E-state index contributed by atoms with van der Waals surface area (Å²) in [5.74, 6) is 3.41. The van der Waals surface area contributed by atoms with Crippen LogP contribution in [0.2, 0.25) is 19.6 Å². The third kappa shape index (κ3) is 4.57. The van der Waals surface area contributed by atoms with Crippen molar-refractivity contribution in [3.63, 3.8) is 0 Å². The van der Waals surface area contributed by atoms with E-state index in [4.69, 9.17) is 4.43 Å². The Morgan fingerprint density at radius 3 is 2.14 bits per heavy atom. The van der Waals surface area contributed by atoms with Gasteiger partial charge in [0.25, 0.3) is 0 Å². The minimum atomic E-state index is -1.54. The number of allylic oxidation sites excluding steroid dienone is 2. The highest BCUT2D eigenvalue weighted by molar-refractivity contribution is 6.69. The van der Waals surface area contributed by atoms with Crippen LogP contribution < -0.4 is 0 Å². The minimum absolute atomic E-state index is 0.274. The lowest BCUT2D eigenvalue weighted by atomic mass is 9.43. The molecule has 0 aromatic carbocycles. The topological polar surface area (TPSA) is 9.23 Å². The molecule has 0 spiro atoms. The zero-order chi connectivity index (χ0) is 26.0. The van der Waals surface area contributed by atoms with Crippen molar-refractivity contribution in [2.75, 3.05) is 0 Å². The number of hydrogen-bond acceptors (Lipinski definition) is 1. The molecule has 35 heavy (non-hydrogen) atoms. The van der Waals surface area contributed by atoms with Gasteiger partial charge < -0.3 is 4.43 Å². The van der Waals surface area contributed by atoms with Crippen LogP contribution in [0.3, 0.4) is 0 Å². The quantitative estimate of drug-likeness (QED) is 0.249. The van der Waals surface area contributed by atoms with Crippen molar-refractivity contribution in [2.24, 2.45) is 45.3 Å². The molecule has 4 rings (SSSR count). The normalized spacial score (nSPS) is 42.0. The third-order valence-corrected chi connectivity index (χ3v) is 13.4. The number of rotatable bonds is 7. The summed E-state index contributed by atoms with van der Waals surface area (Å²) in [6.45, 7) is 27.8. The second-order valence-corrected chi connectivity index (χ2v) is 20.7. The molecule has 2 heteroatoms. The maximum atomic E-state index is 6.84. The summed E-state index contributed by atoms with van der Waals surface area (Å²) in [6.07, 6.45) is 15.8. The fraction of sp³-hybridized carbons (Fsp3) is 0.939. The monoisotopic (exact) mass is 500 g/mol. The Kier molecular flexibility index (Phi) is 7.41. The summed E-state index contributed by atoms with van der Waals surface area (Å²) >= 11 is 0. The lowest BCUT2D eigenvalue weighted by Crippen LogP contribution is -2.56. The zero-order valence-corrected chi connectivity index (χ0v) is 26.6. The smallest absolute Gasteiger partial charge is 0.184 e. The fourth-order valence-electron chi connectivity index (χ4n) is 10.3. The lowest BCUT2D eigenvalue weighted by Gasteiger charge is -2.63. The molecule has 0 saturated heterocycles. The number of fused-ring (bicyclic) bond motifs is 4. The molecule has 0 heterocycles. The van der Waals surface area contributed by atoms with Crippen LogP contribution in [0.15, 0.2) is 11.1 Å². The molecule has 0 N–H and O–H groups in total. The Morgan fingerprint density at radius 1 is 0.829 bits per heavy atom. The van der Waals surface area contributed by atoms with Gasteiger partial charge in [-0.15, -0.1) is 0 Å². The van der Waals surface area contributed by atoms with Gasteiger partial charge in [-0.25, -0.2) is 0 Å². The van der Waals surface area contributed by atoms with E-state index >= 15 is 0 Å². The number of hydrogen-bond donors (Lipinski definition) is 0. The standard InChI is InChI=1S/C33H60OSi/c1-23(2)13-12-14-24(3)25-17-21-33(8)27-15-16-28-30(4,5)29(34-35(9,10)11)19-20-31(28,6)26(27)18-22-32(25,33)7/h23-25,28-29H,12-22H2,1-11H3/t24-,25-,28+,29+,31-,32-,33+/m1/s1. The Hall–Kier alpha value is -0.0831. The SMILES string of the molecule is CC(C)CCC[C@@H](C)[C@H]1CC[C@@]2(C)C3=C(CC[C@]12C)[C@@]1(C)CC[C@H](O[Si](C)(C)C)C(C)(C)[C@@H]1CC3. The average Bonchev–Trinajstić information content (AvgIpc) is 3.01. The molecule has 0 aromatic heterocycles. The summed E-state index contributed by atoms with van der Waals surface area (Å²) < 4.78 is 6.84. The molecule has 0 unspecified atom stereocenters. The first-order valence-corrected chi connectivity index (χ1v) is 18.9. The van der Waals surface area contributed by atoms with E-state index in [1.807, 2.05) is 11.1 Å². The third-order valence-electron chi connectivity index (χ3n) is 12.4. The Balaban J connectivity index is 1.60. The van der Waals surface area contributed by atoms with E-state index in [2.05, 4.69) is 75.0 Å². The molecule has 1 nitrogen and oxygen atoms in total. The van der Waals surface area contributed by atoms with Crippen molar-refractivity contribution < 1.29 is 4.43 Å². The van der Waals surface area contributed by atoms with Crippen LogP contribution in [0.1, 0.15) is 126 Å². The average molecular weight is 501 g/mol. The summed E-state index contributed by atoms with van der Waals surface area (Å²) in [5.41, 5.74) is 5.48.